The summed E-state index contributed by atoms with van der Waals surface area (Å²) in [5, 5.41) is 0. The monoisotopic (exact) mass is 362 g/mol. The fourth-order valence-corrected chi connectivity index (χ4v) is 2.94. The number of hydrogen-bond donors (Lipinski definition) is 0. The highest BCUT2D eigenvalue weighted by Crippen LogP contribution is 2.30. The average molecular weight is 363 g/mol. The van der Waals surface area contributed by atoms with Gasteiger partial charge in [-0.15, -0.1) is 0 Å². The highest BCUT2D eigenvalue weighted by molar-refractivity contribution is 9.10. The minimum atomic E-state index is 0.736. The van der Waals surface area contributed by atoms with Crippen LogP contribution in [-0.2, 0) is 11.2 Å². The van der Waals surface area contributed by atoms with Gasteiger partial charge in [0.05, 0.1) is 29.6 Å². The molecule has 0 N–H and O–H groups in total. The van der Waals surface area contributed by atoms with Gasteiger partial charge in [-0.1, -0.05) is 19.1 Å². The van der Waals surface area contributed by atoms with Crippen molar-refractivity contribution in [3.05, 3.63) is 46.1 Å². The van der Waals surface area contributed by atoms with Gasteiger partial charge in [0.25, 0.3) is 0 Å². The van der Waals surface area contributed by atoms with E-state index in [1.165, 1.54) is 5.56 Å². The van der Waals surface area contributed by atoms with Gasteiger partial charge in [-0.2, -0.15) is 0 Å². The summed E-state index contributed by atoms with van der Waals surface area (Å²) < 4.78 is 12.2. The van der Waals surface area contributed by atoms with E-state index in [2.05, 4.69) is 44.9 Å². The molecule has 0 bridgehead atoms. The summed E-state index contributed by atoms with van der Waals surface area (Å²) in [6.07, 6.45) is 2.80. The lowest BCUT2D eigenvalue weighted by molar-refractivity contribution is 0.120. The number of hydrogen-bond acceptors (Lipinski definition) is 4. The van der Waals surface area contributed by atoms with Crippen LogP contribution in [0, 0.1) is 0 Å². The average Bonchev–Trinajstić information content (AvgIpc) is 2.95. The van der Waals surface area contributed by atoms with Gasteiger partial charge in [-0.05, 0) is 40.0 Å². The summed E-state index contributed by atoms with van der Waals surface area (Å²) in [5.74, 6) is 1.60. The van der Waals surface area contributed by atoms with Gasteiger partial charge in [-0.25, -0.2) is 0 Å². The first-order valence-electron chi connectivity index (χ1n) is 7.51. The maximum atomic E-state index is 5.89. The third-order valence-corrected chi connectivity index (χ3v) is 4.24. The third-order valence-electron chi connectivity index (χ3n) is 3.67. The number of nitrogens with zero attached hydrogens (tertiary/aromatic N) is 2. The van der Waals surface area contributed by atoms with Gasteiger partial charge < -0.3 is 14.1 Å². The number of anilines is 1. The van der Waals surface area contributed by atoms with Crippen molar-refractivity contribution in [1.82, 2.24) is 0 Å². The molecule has 4 nitrogen and oxygen atoms in total. The lowest BCUT2D eigenvalue weighted by Crippen LogP contribution is -2.36. The van der Waals surface area contributed by atoms with Crippen LogP contribution >= 0.6 is 15.9 Å². The Morgan fingerprint density at radius 3 is 2.64 bits per heavy atom. The van der Waals surface area contributed by atoms with Crippen molar-refractivity contribution in [2.45, 2.75) is 13.3 Å². The molecule has 0 aliphatic carbocycles. The Morgan fingerprint density at radius 1 is 1.23 bits per heavy atom. The number of benzene rings is 1. The molecule has 0 unspecified atom stereocenters. The number of rotatable bonds is 4. The second-order valence-electron chi connectivity index (χ2n) is 5.18. The SMILES string of the molecule is CCc1ccc(N=Cc2cc(Br)c(N3CCOCC3)o2)cc1. The van der Waals surface area contributed by atoms with E-state index in [1.54, 1.807) is 6.21 Å². The van der Waals surface area contributed by atoms with Crippen molar-refractivity contribution < 1.29 is 9.15 Å². The van der Waals surface area contributed by atoms with Gasteiger partial charge in [0.15, 0.2) is 0 Å². The summed E-state index contributed by atoms with van der Waals surface area (Å²) in [7, 11) is 0. The standard InChI is InChI=1S/C17H19BrN2O2/c1-2-13-3-5-14(6-4-13)19-12-15-11-16(18)17(22-15)20-7-9-21-10-8-20/h3-6,11-12H,2,7-10H2,1H3. The van der Waals surface area contributed by atoms with E-state index in [-0.39, 0.29) is 0 Å². The zero-order valence-corrected chi connectivity index (χ0v) is 14.2. The van der Waals surface area contributed by atoms with E-state index in [0.29, 0.717) is 0 Å². The van der Waals surface area contributed by atoms with Crippen LogP contribution < -0.4 is 4.90 Å². The topological polar surface area (TPSA) is 38.0 Å². The number of morpholine rings is 1. The maximum absolute atomic E-state index is 5.89. The predicted octanol–water partition coefficient (Wildman–Crippen LogP) is 4.19. The Balaban J connectivity index is 1.73. The van der Waals surface area contributed by atoms with Crippen molar-refractivity contribution >= 4 is 33.7 Å². The number of aliphatic imine (C=N–C) groups is 1. The van der Waals surface area contributed by atoms with Gasteiger partial charge in [-0.3, -0.25) is 4.99 Å². The predicted molar refractivity (Wildman–Crippen MR) is 92.5 cm³/mol. The highest BCUT2D eigenvalue weighted by Gasteiger charge is 2.18. The van der Waals surface area contributed by atoms with E-state index in [9.17, 15) is 0 Å². The number of halogens is 1. The summed E-state index contributed by atoms with van der Waals surface area (Å²) in [4.78, 5) is 6.65. The first-order chi connectivity index (χ1) is 10.8. The van der Waals surface area contributed by atoms with E-state index in [0.717, 1.165) is 54.5 Å². The lowest BCUT2D eigenvalue weighted by Gasteiger charge is -2.26. The molecule has 0 spiro atoms. The Morgan fingerprint density at radius 2 is 1.95 bits per heavy atom. The van der Waals surface area contributed by atoms with Crippen LogP contribution in [-0.4, -0.2) is 32.5 Å². The molecular formula is C17H19BrN2O2. The van der Waals surface area contributed by atoms with E-state index in [4.69, 9.17) is 9.15 Å². The van der Waals surface area contributed by atoms with Crippen LogP contribution in [0.5, 0.6) is 0 Å². The Hall–Kier alpha value is -1.59. The number of aryl methyl sites for hydroxylation is 1. The molecule has 1 aromatic carbocycles. The fourth-order valence-electron chi connectivity index (χ4n) is 2.38. The van der Waals surface area contributed by atoms with Gasteiger partial charge in [0.2, 0.25) is 5.88 Å². The minimum Gasteiger partial charge on any atom is -0.438 e. The van der Waals surface area contributed by atoms with Crippen LogP contribution in [0.15, 0.2) is 44.2 Å². The Labute approximate surface area is 138 Å². The smallest absolute Gasteiger partial charge is 0.210 e. The molecule has 3 rings (SSSR count). The van der Waals surface area contributed by atoms with Crippen LogP contribution in [0.2, 0.25) is 0 Å². The van der Waals surface area contributed by atoms with Crippen LogP contribution in [0.3, 0.4) is 0 Å². The van der Waals surface area contributed by atoms with Crippen molar-refractivity contribution in [2.24, 2.45) is 4.99 Å². The van der Waals surface area contributed by atoms with Crippen LogP contribution in [0.25, 0.3) is 0 Å². The van der Waals surface area contributed by atoms with E-state index in [1.807, 2.05) is 18.2 Å². The normalized spacial score (nSPS) is 15.6. The Bertz CT molecular complexity index is 643. The van der Waals surface area contributed by atoms with Crippen LogP contribution in [0.4, 0.5) is 11.6 Å². The zero-order chi connectivity index (χ0) is 15.4. The first-order valence-corrected chi connectivity index (χ1v) is 8.30. The van der Waals surface area contributed by atoms with Gasteiger partial charge in [0, 0.05) is 19.2 Å². The summed E-state index contributed by atoms with van der Waals surface area (Å²) in [5.41, 5.74) is 2.24. The zero-order valence-electron chi connectivity index (χ0n) is 12.6. The first kappa shape index (κ1) is 15.3. The fraction of sp³-hybridized carbons (Fsp3) is 0.353. The van der Waals surface area contributed by atoms with Gasteiger partial charge >= 0.3 is 0 Å². The maximum Gasteiger partial charge on any atom is 0.210 e. The molecule has 1 saturated heterocycles. The summed E-state index contributed by atoms with van der Waals surface area (Å²) >= 11 is 3.56. The molecule has 116 valence electrons. The molecule has 0 radical (unpaired) electrons. The highest BCUT2D eigenvalue weighted by atomic mass is 79.9. The molecule has 2 aromatic rings. The molecule has 0 saturated carbocycles. The number of ether oxygens (including phenoxy) is 1. The lowest BCUT2D eigenvalue weighted by atomic mass is 10.1. The van der Waals surface area contributed by atoms with E-state index >= 15 is 0 Å². The van der Waals surface area contributed by atoms with Crippen molar-refractivity contribution in [2.75, 3.05) is 31.2 Å². The second kappa shape index (κ2) is 7.11. The molecule has 1 aromatic heterocycles. The molecule has 2 heterocycles. The number of furan rings is 1. The van der Waals surface area contributed by atoms with Crippen molar-refractivity contribution in [1.29, 1.82) is 0 Å². The molecule has 0 atom stereocenters. The molecular weight excluding hydrogens is 344 g/mol. The van der Waals surface area contributed by atoms with E-state index < -0.39 is 0 Å². The second-order valence-corrected chi connectivity index (χ2v) is 6.03. The largest absolute Gasteiger partial charge is 0.438 e. The molecule has 5 heteroatoms. The molecule has 1 aliphatic heterocycles. The van der Waals surface area contributed by atoms with Crippen LogP contribution in [0.1, 0.15) is 18.2 Å². The molecule has 1 aliphatic rings. The molecule has 22 heavy (non-hydrogen) atoms. The summed E-state index contributed by atoms with van der Waals surface area (Å²) in [6, 6.07) is 10.2. The Kier molecular flexibility index (Phi) is 4.95. The minimum absolute atomic E-state index is 0.736. The van der Waals surface area contributed by atoms with Crippen molar-refractivity contribution in [3.63, 3.8) is 0 Å². The third kappa shape index (κ3) is 3.59. The quantitative estimate of drug-likeness (QED) is 0.765. The molecule has 0 amide bonds. The summed E-state index contributed by atoms with van der Waals surface area (Å²) in [6.45, 7) is 5.31. The van der Waals surface area contributed by atoms with Crippen molar-refractivity contribution in [3.8, 4) is 0 Å². The molecule has 1 fully saturated rings. The van der Waals surface area contributed by atoms with Gasteiger partial charge in [0.1, 0.15) is 5.76 Å².